The van der Waals surface area contributed by atoms with Gasteiger partial charge >= 0.3 is 0 Å². The topological polar surface area (TPSA) is 17.1 Å². The number of carbonyl (C=O) groups is 1. The minimum absolute atomic E-state index is 0.101. The third-order valence-corrected chi connectivity index (χ3v) is 3.81. The fraction of sp³-hybridized carbons (Fsp3) is 0.188. The highest BCUT2D eigenvalue weighted by molar-refractivity contribution is 9.09. The van der Waals surface area contributed by atoms with Gasteiger partial charge in [0, 0.05) is 5.56 Å². The van der Waals surface area contributed by atoms with Crippen LogP contribution in [-0.4, -0.2) is 5.78 Å². The zero-order chi connectivity index (χ0) is 13.1. The van der Waals surface area contributed by atoms with Crippen molar-refractivity contribution in [3.63, 3.8) is 0 Å². The molecule has 0 spiro atoms. The van der Waals surface area contributed by atoms with Crippen LogP contribution in [0, 0.1) is 13.8 Å². The zero-order valence-electron chi connectivity index (χ0n) is 10.5. The molecule has 0 radical (unpaired) electrons. The number of Topliss-reactive ketones (excluding diaryl/α,β-unsaturated/α-hetero) is 1. The molecule has 0 heterocycles. The summed E-state index contributed by atoms with van der Waals surface area (Å²) in [5, 5.41) is 0. The van der Waals surface area contributed by atoms with Crippen LogP contribution in [0.4, 0.5) is 0 Å². The van der Waals surface area contributed by atoms with Crippen LogP contribution in [0.25, 0.3) is 0 Å². The van der Waals surface area contributed by atoms with Crippen molar-refractivity contribution in [2.75, 3.05) is 0 Å². The molecule has 0 saturated carbocycles. The Bertz CT molecular complexity index is 575. The fourth-order valence-corrected chi connectivity index (χ4v) is 2.47. The summed E-state index contributed by atoms with van der Waals surface area (Å²) < 4.78 is 0. The molecular weight excluding hydrogens is 288 g/mol. The van der Waals surface area contributed by atoms with Gasteiger partial charge in [-0.3, -0.25) is 4.79 Å². The Balaban J connectivity index is 2.29. The van der Waals surface area contributed by atoms with Gasteiger partial charge in [-0.1, -0.05) is 69.5 Å². The average Bonchev–Trinajstić information content (AvgIpc) is 2.37. The van der Waals surface area contributed by atoms with Crippen molar-refractivity contribution < 1.29 is 4.79 Å². The van der Waals surface area contributed by atoms with E-state index in [9.17, 15) is 4.79 Å². The van der Waals surface area contributed by atoms with Crippen LogP contribution in [0.5, 0.6) is 0 Å². The van der Waals surface area contributed by atoms with E-state index in [1.165, 1.54) is 0 Å². The van der Waals surface area contributed by atoms with Crippen molar-refractivity contribution in [3.8, 4) is 0 Å². The second-order valence-corrected chi connectivity index (χ2v) is 5.43. The van der Waals surface area contributed by atoms with E-state index in [0.717, 1.165) is 22.3 Å². The van der Waals surface area contributed by atoms with Gasteiger partial charge in [0.05, 0.1) is 0 Å². The summed E-state index contributed by atoms with van der Waals surface area (Å²) in [5.41, 5.74) is 4.01. The van der Waals surface area contributed by atoms with Gasteiger partial charge in [0.15, 0.2) is 5.78 Å². The predicted molar refractivity (Wildman–Crippen MR) is 78.4 cm³/mol. The van der Waals surface area contributed by atoms with E-state index in [-0.39, 0.29) is 10.6 Å². The van der Waals surface area contributed by atoms with Crippen molar-refractivity contribution >= 4 is 21.7 Å². The van der Waals surface area contributed by atoms with Gasteiger partial charge in [-0.25, -0.2) is 0 Å². The number of hydrogen-bond donors (Lipinski definition) is 0. The van der Waals surface area contributed by atoms with Crippen LogP contribution in [0.1, 0.15) is 31.9 Å². The highest BCUT2D eigenvalue weighted by Crippen LogP contribution is 2.27. The first kappa shape index (κ1) is 13.0. The molecule has 0 aliphatic heterocycles. The Hall–Kier alpha value is -1.41. The molecule has 2 aromatic carbocycles. The van der Waals surface area contributed by atoms with E-state index < -0.39 is 0 Å². The number of rotatable bonds is 3. The van der Waals surface area contributed by atoms with Crippen molar-refractivity contribution in [1.82, 2.24) is 0 Å². The van der Waals surface area contributed by atoms with Gasteiger partial charge in [0.1, 0.15) is 4.83 Å². The molecule has 1 nitrogen and oxygen atoms in total. The minimum Gasteiger partial charge on any atom is -0.293 e. The van der Waals surface area contributed by atoms with Crippen molar-refractivity contribution in [1.29, 1.82) is 0 Å². The molecular formula is C16H15BrO. The lowest BCUT2D eigenvalue weighted by atomic mass is 10.0. The summed E-state index contributed by atoms with van der Waals surface area (Å²) in [5.74, 6) is 0.101. The van der Waals surface area contributed by atoms with Crippen LogP contribution < -0.4 is 0 Å². The summed E-state index contributed by atoms with van der Waals surface area (Å²) in [6.45, 7) is 4.02. The Labute approximate surface area is 116 Å². The van der Waals surface area contributed by atoms with Crippen molar-refractivity contribution in [3.05, 3.63) is 70.8 Å². The Kier molecular flexibility index (Phi) is 3.97. The van der Waals surface area contributed by atoms with E-state index in [1.54, 1.807) is 0 Å². The first-order valence-corrected chi connectivity index (χ1v) is 6.81. The highest BCUT2D eigenvalue weighted by atomic mass is 79.9. The molecule has 2 aromatic rings. The van der Waals surface area contributed by atoms with Gasteiger partial charge in [0.2, 0.25) is 0 Å². The van der Waals surface area contributed by atoms with E-state index in [1.807, 2.05) is 62.4 Å². The number of halogens is 1. The molecule has 0 saturated heterocycles. The third kappa shape index (κ3) is 2.88. The van der Waals surface area contributed by atoms with E-state index in [0.29, 0.717) is 0 Å². The summed E-state index contributed by atoms with van der Waals surface area (Å²) in [6.07, 6.45) is 0. The van der Waals surface area contributed by atoms with Gasteiger partial charge in [-0.15, -0.1) is 0 Å². The molecule has 0 bridgehead atoms. The first-order valence-electron chi connectivity index (χ1n) is 5.89. The smallest absolute Gasteiger partial charge is 0.180 e. The van der Waals surface area contributed by atoms with Crippen molar-refractivity contribution in [2.45, 2.75) is 18.7 Å². The summed E-state index contributed by atoms with van der Waals surface area (Å²) in [6, 6.07) is 15.7. The number of hydrogen-bond acceptors (Lipinski definition) is 1. The number of aryl methyl sites for hydroxylation is 2. The van der Waals surface area contributed by atoms with Gasteiger partial charge in [-0.05, 0) is 25.5 Å². The van der Waals surface area contributed by atoms with Crippen LogP contribution in [-0.2, 0) is 0 Å². The maximum absolute atomic E-state index is 12.4. The minimum atomic E-state index is -0.279. The second-order valence-electron chi connectivity index (χ2n) is 4.51. The average molecular weight is 303 g/mol. The van der Waals surface area contributed by atoms with Crippen LogP contribution in [0.15, 0.2) is 48.5 Å². The standard InChI is InChI=1S/C16H15BrO/c1-11-5-3-7-13(9-11)15(17)16(18)14-8-4-6-12(2)10-14/h3-10,15H,1-2H3. The summed E-state index contributed by atoms with van der Waals surface area (Å²) in [4.78, 5) is 12.1. The van der Waals surface area contributed by atoms with Crippen LogP contribution in [0.3, 0.4) is 0 Å². The Morgan fingerprint density at radius 1 is 1.00 bits per heavy atom. The SMILES string of the molecule is Cc1cccc(C(=O)C(Br)c2cccc(C)c2)c1. The molecule has 2 heteroatoms. The maximum atomic E-state index is 12.4. The third-order valence-electron chi connectivity index (χ3n) is 2.87. The largest absolute Gasteiger partial charge is 0.293 e. The Morgan fingerprint density at radius 2 is 1.61 bits per heavy atom. The molecule has 92 valence electrons. The summed E-state index contributed by atoms with van der Waals surface area (Å²) >= 11 is 3.50. The van der Waals surface area contributed by atoms with Gasteiger partial charge in [-0.2, -0.15) is 0 Å². The van der Waals surface area contributed by atoms with Gasteiger partial charge in [0.25, 0.3) is 0 Å². The monoisotopic (exact) mass is 302 g/mol. The molecule has 0 fully saturated rings. The van der Waals surface area contributed by atoms with E-state index in [2.05, 4.69) is 15.9 Å². The molecule has 1 atom stereocenters. The van der Waals surface area contributed by atoms with Crippen LogP contribution >= 0.6 is 15.9 Å². The zero-order valence-corrected chi connectivity index (χ0v) is 12.1. The molecule has 1 unspecified atom stereocenters. The quantitative estimate of drug-likeness (QED) is 0.597. The fourth-order valence-electron chi connectivity index (χ4n) is 1.92. The molecule has 0 amide bonds. The lowest BCUT2D eigenvalue weighted by Gasteiger charge is -2.10. The number of carbonyl (C=O) groups excluding carboxylic acids is 1. The maximum Gasteiger partial charge on any atom is 0.180 e. The number of benzene rings is 2. The predicted octanol–water partition coefficient (Wildman–Crippen LogP) is 4.62. The molecule has 2 rings (SSSR count). The molecule has 18 heavy (non-hydrogen) atoms. The van der Waals surface area contributed by atoms with Crippen molar-refractivity contribution in [2.24, 2.45) is 0 Å². The number of ketones is 1. The first-order chi connectivity index (χ1) is 8.58. The highest BCUT2D eigenvalue weighted by Gasteiger charge is 2.18. The molecule has 0 aliphatic rings. The van der Waals surface area contributed by atoms with Gasteiger partial charge < -0.3 is 0 Å². The molecule has 0 N–H and O–H groups in total. The lowest BCUT2D eigenvalue weighted by molar-refractivity contribution is 0.0991. The molecule has 0 aliphatic carbocycles. The summed E-state index contributed by atoms with van der Waals surface area (Å²) in [7, 11) is 0. The number of alkyl halides is 1. The lowest BCUT2D eigenvalue weighted by Crippen LogP contribution is -2.07. The Morgan fingerprint density at radius 3 is 2.22 bits per heavy atom. The van der Waals surface area contributed by atoms with E-state index in [4.69, 9.17) is 0 Å². The normalized spacial score (nSPS) is 12.2. The molecule has 0 aromatic heterocycles. The van der Waals surface area contributed by atoms with Crippen LogP contribution in [0.2, 0.25) is 0 Å². The second kappa shape index (κ2) is 5.49. The van der Waals surface area contributed by atoms with E-state index >= 15 is 0 Å².